The number of anilines is 2. The van der Waals surface area contributed by atoms with Gasteiger partial charge >= 0.3 is 0 Å². The van der Waals surface area contributed by atoms with Crippen LogP contribution in [0.4, 0.5) is 11.4 Å². The summed E-state index contributed by atoms with van der Waals surface area (Å²) in [6.07, 6.45) is 0. The van der Waals surface area contributed by atoms with E-state index in [-0.39, 0.29) is 21.3 Å². The first-order chi connectivity index (χ1) is 8.81. The van der Waals surface area contributed by atoms with E-state index in [1.165, 1.54) is 11.3 Å². The number of nitrogens with two attached hydrogens (primary N) is 1. The lowest BCUT2D eigenvalue weighted by Crippen LogP contribution is -2.14. The molecule has 0 bridgehead atoms. The largest absolute Gasteiger partial charge is 0.397 e. The minimum absolute atomic E-state index is 0.200. The second-order valence-electron chi connectivity index (χ2n) is 3.78. The molecule has 19 heavy (non-hydrogen) atoms. The number of benzene rings is 1. The van der Waals surface area contributed by atoms with Crippen LogP contribution in [0.2, 0.25) is 5.02 Å². The van der Waals surface area contributed by atoms with E-state index in [1.807, 2.05) is 0 Å². The van der Waals surface area contributed by atoms with Gasteiger partial charge < -0.3 is 5.73 Å². The van der Waals surface area contributed by atoms with Crippen molar-refractivity contribution < 1.29 is 8.42 Å². The highest BCUT2D eigenvalue weighted by atomic mass is 79.9. The number of nitrogens with one attached hydrogen (secondary N) is 1. The second-order valence-corrected chi connectivity index (χ2v) is 8.47. The highest BCUT2D eigenvalue weighted by Crippen LogP contribution is 2.34. The molecule has 2 aromatic rings. The third-order valence-corrected chi connectivity index (χ3v) is 5.89. The SMILES string of the molecule is Cc1sc(Br)cc1S(=O)(=O)Nc1c(N)cccc1Cl. The van der Waals surface area contributed by atoms with Crippen LogP contribution in [0.3, 0.4) is 0 Å². The Balaban J connectivity index is 2.45. The molecule has 0 radical (unpaired) electrons. The first-order valence-electron chi connectivity index (χ1n) is 5.14. The van der Waals surface area contributed by atoms with Crippen LogP contribution in [0.1, 0.15) is 4.88 Å². The Morgan fingerprint density at radius 1 is 1.42 bits per heavy atom. The summed E-state index contributed by atoms with van der Waals surface area (Å²) in [5.74, 6) is 0. The molecule has 0 aliphatic carbocycles. The van der Waals surface area contributed by atoms with Crippen LogP contribution in [-0.4, -0.2) is 8.42 Å². The standard InChI is InChI=1S/C11H10BrClN2O2S2/c1-6-9(5-10(12)18-6)19(16,17)15-11-7(13)3-2-4-8(11)14/h2-5,15H,14H2,1H3. The van der Waals surface area contributed by atoms with Gasteiger partial charge in [-0.15, -0.1) is 11.3 Å². The van der Waals surface area contributed by atoms with Gasteiger partial charge in [-0.05, 0) is 41.1 Å². The molecule has 8 heteroatoms. The average Bonchev–Trinajstić information content (AvgIpc) is 2.64. The summed E-state index contributed by atoms with van der Waals surface area (Å²) in [7, 11) is -3.70. The fourth-order valence-electron chi connectivity index (χ4n) is 1.54. The molecular formula is C11H10BrClN2O2S2. The Morgan fingerprint density at radius 2 is 2.11 bits per heavy atom. The second kappa shape index (κ2) is 5.32. The van der Waals surface area contributed by atoms with Crippen LogP contribution in [0, 0.1) is 6.92 Å². The van der Waals surface area contributed by atoms with Crippen molar-refractivity contribution in [1.29, 1.82) is 0 Å². The molecule has 0 atom stereocenters. The molecule has 0 spiro atoms. The number of thiophene rings is 1. The molecule has 0 aliphatic heterocycles. The van der Waals surface area contributed by atoms with E-state index in [0.29, 0.717) is 4.88 Å². The lowest BCUT2D eigenvalue weighted by atomic mass is 10.3. The lowest BCUT2D eigenvalue weighted by Gasteiger charge is -2.11. The molecule has 4 nitrogen and oxygen atoms in total. The highest BCUT2D eigenvalue weighted by Gasteiger charge is 2.21. The molecule has 0 amide bonds. The van der Waals surface area contributed by atoms with Crippen LogP contribution in [0.5, 0.6) is 0 Å². The summed E-state index contributed by atoms with van der Waals surface area (Å²) >= 11 is 10.6. The fourth-order valence-corrected chi connectivity index (χ4v) is 5.34. The van der Waals surface area contributed by atoms with Gasteiger partial charge in [0.2, 0.25) is 0 Å². The number of rotatable bonds is 3. The van der Waals surface area contributed by atoms with Crippen molar-refractivity contribution in [2.75, 3.05) is 10.5 Å². The van der Waals surface area contributed by atoms with Crippen LogP contribution in [0.25, 0.3) is 0 Å². The summed E-state index contributed by atoms with van der Waals surface area (Å²) < 4.78 is 27.8. The predicted molar refractivity (Wildman–Crippen MR) is 83.4 cm³/mol. The van der Waals surface area contributed by atoms with Gasteiger partial charge in [-0.25, -0.2) is 8.42 Å². The van der Waals surface area contributed by atoms with Gasteiger partial charge in [-0.3, -0.25) is 4.72 Å². The van der Waals surface area contributed by atoms with E-state index < -0.39 is 10.0 Å². The molecule has 102 valence electrons. The monoisotopic (exact) mass is 380 g/mol. The number of aryl methyl sites for hydroxylation is 1. The number of hydrogen-bond donors (Lipinski definition) is 2. The Kier molecular flexibility index (Phi) is 4.10. The maximum atomic E-state index is 12.3. The number of para-hydroxylation sites is 1. The zero-order valence-electron chi connectivity index (χ0n) is 9.78. The minimum Gasteiger partial charge on any atom is -0.397 e. The Hall–Kier alpha value is -0.760. The third kappa shape index (κ3) is 3.05. The summed E-state index contributed by atoms with van der Waals surface area (Å²) in [5.41, 5.74) is 6.21. The quantitative estimate of drug-likeness (QED) is 0.793. The van der Waals surface area contributed by atoms with Crippen molar-refractivity contribution in [1.82, 2.24) is 0 Å². The maximum absolute atomic E-state index is 12.3. The molecule has 0 saturated heterocycles. The maximum Gasteiger partial charge on any atom is 0.263 e. The van der Waals surface area contributed by atoms with Crippen molar-refractivity contribution in [2.45, 2.75) is 11.8 Å². The van der Waals surface area contributed by atoms with Gasteiger partial charge in [0, 0.05) is 4.88 Å². The van der Waals surface area contributed by atoms with Crippen LogP contribution in [0.15, 0.2) is 32.9 Å². The van der Waals surface area contributed by atoms with Crippen molar-refractivity contribution >= 4 is 60.3 Å². The Morgan fingerprint density at radius 3 is 2.63 bits per heavy atom. The number of hydrogen-bond acceptors (Lipinski definition) is 4. The first kappa shape index (κ1) is 14.6. The highest BCUT2D eigenvalue weighted by molar-refractivity contribution is 9.11. The summed E-state index contributed by atoms with van der Waals surface area (Å²) in [6.45, 7) is 1.74. The van der Waals surface area contributed by atoms with E-state index in [2.05, 4.69) is 20.7 Å². The molecule has 3 N–H and O–H groups in total. The molecule has 0 saturated carbocycles. The zero-order valence-corrected chi connectivity index (χ0v) is 13.8. The molecule has 0 aliphatic rings. The molecule has 1 aromatic carbocycles. The number of nitrogen functional groups attached to an aromatic ring is 1. The van der Waals surface area contributed by atoms with E-state index in [4.69, 9.17) is 17.3 Å². The minimum atomic E-state index is -3.70. The van der Waals surface area contributed by atoms with Gasteiger partial charge in [0.1, 0.15) is 4.90 Å². The summed E-state index contributed by atoms with van der Waals surface area (Å²) in [6, 6.07) is 6.36. The average molecular weight is 382 g/mol. The van der Waals surface area contributed by atoms with E-state index in [9.17, 15) is 8.42 Å². The van der Waals surface area contributed by atoms with Gasteiger partial charge in [0.05, 0.1) is 20.2 Å². The van der Waals surface area contributed by atoms with Gasteiger partial charge in [-0.1, -0.05) is 17.7 Å². The lowest BCUT2D eigenvalue weighted by molar-refractivity contribution is 0.601. The zero-order chi connectivity index (χ0) is 14.2. The van der Waals surface area contributed by atoms with Crippen LogP contribution >= 0.6 is 38.9 Å². The van der Waals surface area contributed by atoms with E-state index in [1.54, 1.807) is 31.2 Å². The predicted octanol–water partition coefficient (Wildman–Crippen LogP) is 3.86. The third-order valence-electron chi connectivity index (χ3n) is 2.41. The van der Waals surface area contributed by atoms with Crippen LogP contribution in [-0.2, 0) is 10.0 Å². The van der Waals surface area contributed by atoms with E-state index >= 15 is 0 Å². The normalized spacial score (nSPS) is 11.5. The Bertz CT molecular complexity index is 708. The number of halogens is 2. The van der Waals surface area contributed by atoms with Crippen LogP contribution < -0.4 is 10.5 Å². The van der Waals surface area contributed by atoms with E-state index in [0.717, 1.165) is 3.79 Å². The molecule has 1 heterocycles. The number of sulfonamides is 1. The van der Waals surface area contributed by atoms with Crippen molar-refractivity contribution in [3.63, 3.8) is 0 Å². The molecule has 0 fully saturated rings. The Labute approximate surface area is 128 Å². The molecular weight excluding hydrogens is 372 g/mol. The van der Waals surface area contributed by atoms with Gasteiger partial charge in [0.15, 0.2) is 0 Å². The molecule has 0 unspecified atom stereocenters. The summed E-state index contributed by atoms with van der Waals surface area (Å²) in [4.78, 5) is 0.897. The van der Waals surface area contributed by atoms with Gasteiger partial charge in [-0.2, -0.15) is 0 Å². The molecule has 2 rings (SSSR count). The first-order valence-corrected chi connectivity index (χ1v) is 8.61. The summed E-state index contributed by atoms with van der Waals surface area (Å²) in [5, 5.41) is 0.260. The molecule has 1 aromatic heterocycles. The smallest absolute Gasteiger partial charge is 0.263 e. The topological polar surface area (TPSA) is 72.2 Å². The van der Waals surface area contributed by atoms with Gasteiger partial charge in [0.25, 0.3) is 10.0 Å². The van der Waals surface area contributed by atoms with Crippen molar-refractivity contribution in [3.05, 3.63) is 38.0 Å². The van der Waals surface area contributed by atoms with Crippen molar-refractivity contribution in [2.24, 2.45) is 0 Å². The fraction of sp³-hybridized carbons (Fsp3) is 0.0909. The van der Waals surface area contributed by atoms with Crippen molar-refractivity contribution in [3.8, 4) is 0 Å².